The molecule has 0 aliphatic carbocycles. The molecule has 0 N–H and O–H groups in total. The van der Waals surface area contributed by atoms with Crippen molar-refractivity contribution < 1.29 is 4.74 Å². The number of benzene rings is 3. The van der Waals surface area contributed by atoms with Gasteiger partial charge in [0.25, 0.3) is 0 Å². The minimum atomic E-state index is 0.0112. The average Bonchev–Trinajstić information content (AvgIpc) is 3.13. The summed E-state index contributed by atoms with van der Waals surface area (Å²) in [7, 11) is 0. The van der Waals surface area contributed by atoms with E-state index in [1.165, 1.54) is 0 Å². The fourth-order valence-electron chi connectivity index (χ4n) is 2.82. The Labute approximate surface area is 146 Å². The molecule has 0 spiro atoms. The zero-order chi connectivity index (χ0) is 16.4. The molecule has 0 aromatic heterocycles. The Morgan fingerprint density at radius 3 is 2.00 bits per heavy atom. The highest BCUT2D eigenvalue weighted by atomic mass is 35.5. The van der Waals surface area contributed by atoms with Crippen LogP contribution in [-0.4, -0.2) is 12.4 Å². The third-order valence-electron chi connectivity index (χ3n) is 4.14. The molecule has 0 fully saturated rings. The average molecular weight is 334 g/mol. The van der Waals surface area contributed by atoms with Crippen LogP contribution in [-0.2, 0) is 4.74 Å². The van der Waals surface area contributed by atoms with E-state index in [-0.39, 0.29) is 6.10 Å². The lowest BCUT2D eigenvalue weighted by Crippen LogP contribution is -2.06. The van der Waals surface area contributed by atoms with E-state index < -0.39 is 0 Å². The SMILES string of the molecule is Clc1ccc(-c2ccc(C3=NCC(c4ccccc4)O3)cc2)cc1. The highest BCUT2D eigenvalue weighted by Gasteiger charge is 2.22. The molecule has 118 valence electrons. The fraction of sp³-hybridized carbons (Fsp3) is 0.0952. The second kappa shape index (κ2) is 6.50. The van der Waals surface area contributed by atoms with Gasteiger partial charge < -0.3 is 4.74 Å². The van der Waals surface area contributed by atoms with Gasteiger partial charge in [0.05, 0.1) is 6.54 Å². The number of rotatable bonds is 3. The van der Waals surface area contributed by atoms with E-state index >= 15 is 0 Å². The van der Waals surface area contributed by atoms with Crippen LogP contribution in [0.4, 0.5) is 0 Å². The number of ether oxygens (including phenoxy) is 1. The Hall–Kier alpha value is -2.58. The van der Waals surface area contributed by atoms with Crippen molar-refractivity contribution in [2.45, 2.75) is 6.10 Å². The van der Waals surface area contributed by atoms with Gasteiger partial charge in [0.2, 0.25) is 5.90 Å². The largest absolute Gasteiger partial charge is 0.467 e. The first-order valence-corrected chi connectivity index (χ1v) is 8.30. The Bertz CT molecular complexity index is 855. The maximum Gasteiger partial charge on any atom is 0.216 e. The number of halogens is 1. The van der Waals surface area contributed by atoms with Crippen molar-refractivity contribution in [3.8, 4) is 11.1 Å². The highest BCUT2D eigenvalue weighted by Crippen LogP contribution is 2.27. The lowest BCUT2D eigenvalue weighted by atomic mass is 10.0. The molecule has 1 heterocycles. The Morgan fingerprint density at radius 2 is 1.33 bits per heavy atom. The smallest absolute Gasteiger partial charge is 0.216 e. The van der Waals surface area contributed by atoms with Gasteiger partial charge in [-0.05, 0) is 41.0 Å². The van der Waals surface area contributed by atoms with E-state index in [4.69, 9.17) is 16.3 Å². The Kier molecular flexibility index (Phi) is 4.06. The maximum atomic E-state index is 6.03. The van der Waals surface area contributed by atoms with Gasteiger partial charge in [-0.3, -0.25) is 0 Å². The van der Waals surface area contributed by atoms with E-state index in [1.54, 1.807) is 0 Å². The second-order valence-corrected chi connectivity index (χ2v) is 6.18. The lowest BCUT2D eigenvalue weighted by molar-refractivity contribution is 0.230. The van der Waals surface area contributed by atoms with Crippen LogP contribution in [0.15, 0.2) is 83.9 Å². The van der Waals surface area contributed by atoms with Crippen LogP contribution in [0.1, 0.15) is 17.2 Å². The molecular weight excluding hydrogens is 318 g/mol. The minimum Gasteiger partial charge on any atom is -0.467 e. The standard InChI is InChI=1S/C21H16ClNO/c22-19-12-10-16(11-13-19)15-6-8-18(9-7-15)21-23-14-20(24-21)17-4-2-1-3-5-17/h1-13,20H,14H2. The van der Waals surface area contributed by atoms with Gasteiger partial charge in [-0.25, -0.2) is 4.99 Å². The van der Waals surface area contributed by atoms with E-state index in [0.717, 1.165) is 27.3 Å². The predicted molar refractivity (Wildman–Crippen MR) is 98.6 cm³/mol. The molecule has 1 aliphatic rings. The van der Waals surface area contributed by atoms with Crippen LogP contribution in [0.2, 0.25) is 5.02 Å². The second-order valence-electron chi connectivity index (χ2n) is 5.75. The third-order valence-corrected chi connectivity index (χ3v) is 4.39. The number of aliphatic imine (C=N–C) groups is 1. The van der Waals surface area contributed by atoms with E-state index in [2.05, 4.69) is 41.4 Å². The minimum absolute atomic E-state index is 0.0112. The molecule has 0 saturated heterocycles. The van der Waals surface area contributed by atoms with Crippen LogP contribution in [0.3, 0.4) is 0 Å². The summed E-state index contributed by atoms with van der Waals surface area (Å²) in [6, 6.07) is 26.3. The molecule has 3 aromatic carbocycles. The van der Waals surface area contributed by atoms with Gasteiger partial charge in [0.15, 0.2) is 0 Å². The highest BCUT2D eigenvalue weighted by molar-refractivity contribution is 6.30. The monoisotopic (exact) mass is 333 g/mol. The van der Waals surface area contributed by atoms with Gasteiger partial charge in [-0.2, -0.15) is 0 Å². The van der Waals surface area contributed by atoms with Crippen LogP contribution >= 0.6 is 11.6 Å². The lowest BCUT2D eigenvalue weighted by Gasteiger charge is -2.11. The summed E-state index contributed by atoms with van der Waals surface area (Å²) in [6.45, 7) is 0.665. The number of hydrogen-bond acceptors (Lipinski definition) is 2. The first kappa shape index (κ1) is 15.0. The maximum absolute atomic E-state index is 6.03. The number of hydrogen-bond donors (Lipinski definition) is 0. The van der Waals surface area contributed by atoms with Gasteiger partial charge in [-0.1, -0.05) is 66.2 Å². The van der Waals surface area contributed by atoms with Gasteiger partial charge in [0.1, 0.15) is 6.10 Å². The number of nitrogens with zero attached hydrogens (tertiary/aromatic N) is 1. The summed E-state index contributed by atoms with van der Waals surface area (Å²) in [5, 5.41) is 0.746. The van der Waals surface area contributed by atoms with Crippen LogP contribution in [0, 0.1) is 0 Å². The van der Waals surface area contributed by atoms with Crippen LogP contribution in [0.25, 0.3) is 11.1 Å². The van der Waals surface area contributed by atoms with Crippen LogP contribution in [0.5, 0.6) is 0 Å². The first-order chi connectivity index (χ1) is 11.8. The van der Waals surface area contributed by atoms with E-state index in [9.17, 15) is 0 Å². The van der Waals surface area contributed by atoms with Crippen molar-refractivity contribution in [3.05, 3.63) is 95.0 Å². The Balaban J connectivity index is 1.51. The normalized spacial score (nSPS) is 16.5. The van der Waals surface area contributed by atoms with Gasteiger partial charge >= 0.3 is 0 Å². The topological polar surface area (TPSA) is 21.6 Å². The zero-order valence-electron chi connectivity index (χ0n) is 13.0. The Morgan fingerprint density at radius 1 is 0.750 bits per heavy atom. The van der Waals surface area contributed by atoms with Crippen molar-refractivity contribution in [2.75, 3.05) is 6.54 Å². The summed E-state index contributed by atoms with van der Waals surface area (Å²) in [6.07, 6.45) is 0.0112. The molecule has 1 unspecified atom stereocenters. The summed E-state index contributed by atoms with van der Waals surface area (Å²) >= 11 is 5.94. The predicted octanol–water partition coefficient (Wildman–Crippen LogP) is 5.53. The molecule has 0 bridgehead atoms. The third kappa shape index (κ3) is 3.06. The van der Waals surface area contributed by atoms with E-state index in [0.29, 0.717) is 12.4 Å². The summed E-state index contributed by atoms with van der Waals surface area (Å²) < 4.78 is 6.03. The molecular formula is C21H16ClNO. The molecule has 24 heavy (non-hydrogen) atoms. The van der Waals surface area contributed by atoms with E-state index in [1.807, 2.05) is 42.5 Å². The van der Waals surface area contributed by atoms with Gasteiger partial charge in [-0.15, -0.1) is 0 Å². The molecule has 0 amide bonds. The van der Waals surface area contributed by atoms with Crippen molar-refractivity contribution in [3.63, 3.8) is 0 Å². The molecule has 2 nitrogen and oxygen atoms in total. The van der Waals surface area contributed by atoms with Crippen molar-refractivity contribution in [2.24, 2.45) is 4.99 Å². The summed E-state index contributed by atoms with van der Waals surface area (Å²) in [5.41, 5.74) is 4.45. The summed E-state index contributed by atoms with van der Waals surface area (Å²) in [4.78, 5) is 4.55. The zero-order valence-corrected chi connectivity index (χ0v) is 13.8. The van der Waals surface area contributed by atoms with Crippen molar-refractivity contribution in [1.82, 2.24) is 0 Å². The molecule has 3 aromatic rings. The molecule has 1 aliphatic heterocycles. The molecule has 4 rings (SSSR count). The molecule has 0 radical (unpaired) electrons. The first-order valence-electron chi connectivity index (χ1n) is 7.92. The summed E-state index contributed by atoms with van der Waals surface area (Å²) in [5.74, 6) is 0.714. The van der Waals surface area contributed by atoms with Crippen LogP contribution < -0.4 is 0 Å². The quantitative estimate of drug-likeness (QED) is 0.618. The molecule has 0 saturated carbocycles. The molecule has 1 atom stereocenters. The molecule has 3 heteroatoms. The van der Waals surface area contributed by atoms with Crippen molar-refractivity contribution >= 4 is 17.5 Å². The fourth-order valence-corrected chi connectivity index (χ4v) is 2.95. The van der Waals surface area contributed by atoms with Crippen molar-refractivity contribution in [1.29, 1.82) is 0 Å². The van der Waals surface area contributed by atoms with Gasteiger partial charge in [0, 0.05) is 10.6 Å².